The lowest BCUT2D eigenvalue weighted by Crippen LogP contribution is -2.33. The molecule has 0 radical (unpaired) electrons. The van der Waals surface area contributed by atoms with Gasteiger partial charge in [0.25, 0.3) is 0 Å². The fourth-order valence-electron chi connectivity index (χ4n) is 2.29. The van der Waals surface area contributed by atoms with Gasteiger partial charge in [-0.2, -0.15) is 0 Å². The van der Waals surface area contributed by atoms with Gasteiger partial charge in [0.1, 0.15) is 0 Å². The van der Waals surface area contributed by atoms with Crippen LogP contribution in [0.15, 0.2) is 30.4 Å². The normalized spacial score (nSPS) is 21.1. The number of aliphatic hydroxyl groups excluding tert-OH is 1. The molecule has 0 saturated heterocycles. The van der Waals surface area contributed by atoms with Crippen molar-refractivity contribution in [2.24, 2.45) is 5.92 Å². The lowest BCUT2D eigenvalue weighted by molar-refractivity contribution is -0.121. The molecular weight excluding hydrogens is 297 g/mol. The largest absolute Gasteiger partial charge is 0.396 e. The summed E-state index contributed by atoms with van der Waals surface area (Å²) in [6.07, 6.45) is 5.57. The smallest absolute Gasteiger partial charge is 0.220 e. The topological polar surface area (TPSA) is 49.3 Å². The second kappa shape index (κ2) is 7.11. The Labute approximate surface area is 128 Å². The second-order valence-electron chi connectivity index (χ2n) is 4.95. The Morgan fingerprint density at radius 3 is 2.85 bits per heavy atom. The number of nitrogens with one attached hydrogen (secondary N) is 1. The van der Waals surface area contributed by atoms with Crippen LogP contribution in [0.4, 0.5) is 0 Å². The Hall–Kier alpha value is -1.03. The van der Waals surface area contributed by atoms with Crippen LogP contribution in [-0.4, -0.2) is 23.7 Å². The van der Waals surface area contributed by atoms with Gasteiger partial charge < -0.3 is 10.4 Å². The van der Waals surface area contributed by atoms with Crippen LogP contribution >= 0.6 is 23.2 Å². The van der Waals surface area contributed by atoms with E-state index in [0.29, 0.717) is 22.9 Å². The fourth-order valence-corrected chi connectivity index (χ4v) is 2.70. The minimum Gasteiger partial charge on any atom is -0.396 e. The number of rotatable bonds is 5. The highest BCUT2D eigenvalue weighted by molar-refractivity contribution is 6.42. The highest BCUT2D eigenvalue weighted by atomic mass is 35.5. The van der Waals surface area contributed by atoms with Crippen LogP contribution in [0.25, 0.3) is 0 Å². The number of carbonyl (C=O) groups is 1. The number of amides is 1. The molecule has 2 atom stereocenters. The van der Waals surface area contributed by atoms with Gasteiger partial charge in [-0.3, -0.25) is 4.79 Å². The zero-order chi connectivity index (χ0) is 14.5. The van der Waals surface area contributed by atoms with Crippen LogP contribution in [0.2, 0.25) is 10.0 Å². The average molecular weight is 314 g/mol. The predicted molar refractivity (Wildman–Crippen MR) is 81.0 cm³/mol. The van der Waals surface area contributed by atoms with E-state index >= 15 is 0 Å². The molecule has 2 N–H and O–H groups in total. The number of aryl methyl sites for hydroxylation is 1. The van der Waals surface area contributed by atoms with Gasteiger partial charge >= 0.3 is 0 Å². The maximum Gasteiger partial charge on any atom is 0.220 e. The number of hydrogen-bond acceptors (Lipinski definition) is 2. The maximum atomic E-state index is 11.9. The van der Waals surface area contributed by atoms with Crippen LogP contribution in [0.5, 0.6) is 0 Å². The maximum absolute atomic E-state index is 11.9. The molecule has 5 heteroatoms. The summed E-state index contributed by atoms with van der Waals surface area (Å²) in [5.41, 5.74) is 0.879. The third kappa shape index (κ3) is 3.98. The van der Waals surface area contributed by atoms with Crippen molar-refractivity contribution in [3.05, 3.63) is 46.0 Å². The van der Waals surface area contributed by atoms with Gasteiger partial charge in [-0.15, -0.1) is 0 Å². The molecule has 1 aliphatic rings. The molecule has 0 bridgehead atoms. The molecule has 1 aromatic carbocycles. The van der Waals surface area contributed by atoms with Crippen molar-refractivity contribution < 1.29 is 9.90 Å². The predicted octanol–water partition coefficient (Wildman–Crippen LogP) is 2.98. The zero-order valence-corrected chi connectivity index (χ0v) is 12.5. The molecule has 20 heavy (non-hydrogen) atoms. The molecule has 1 amide bonds. The molecule has 3 nitrogen and oxygen atoms in total. The monoisotopic (exact) mass is 313 g/mol. The molecule has 0 spiro atoms. The van der Waals surface area contributed by atoms with Gasteiger partial charge in [0.15, 0.2) is 0 Å². The number of aliphatic hydroxyl groups is 1. The van der Waals surface area contributed by atoms with E-state index in [9.17, 15) is 4.79 Å². The van der Waals surface area contributed by atoms with Gasteiger partial charge in [-0.05, 0) is 24.5 Å². The molecule has 108 valence electrons. The van der Waals surface area contributed by atoms with E-state index in [-0.39, 0.29) is 24.5 Å². The molecule has 0 aromatic heterocycles. The first kappa shape index (κ1) is 15.4. The van der Waals surface area contributed by atoms with Gasteiger partial charge in [0, 0.05) is 25.0 Å². The minimum atomic E-state index is -0.0192. The van der Waals surface area contributed by atoms with E-state index in [4.69, 9.17) is 28.3 Å². The number of benzene rings is 1. The number of carbonyl (C=O) groups excluding carboxylic acids is 1. The highest BCUT2D eigenvalue weighted by Crippen LogP contribution is 2.26. The quantitative estimate of drug-likeness (QED) is 0.821. The van der Waals surface area contributed by atoms with E-state index < -0.39 is 0 Å². The highest BCUT2D eigenvalue weighted by Gasteiger charge is 2.19. The van der Waals surface area contributed by atoms with Gasteiger partial charge in [-0.1, -0.05) is 47.5 Å². The van der Waals surface area contributed by atoms with Crippen LogP contribution in [0, 0.1) is 5.92 Å². The van der Waals surface area contributed by atoms with Crippen LogP contribution in [-0.2, 0) is 11.2 Å². The van der Waals surface area contributed by atoms with Crippen LogP contribution in [0.3, 0.4) is 0 Å². The summed E-state index contributed by atoms with van der Waals surface area (Å²) in [5, 5.41) is 13.0. The standard InChI is InChI=1S/C15H17Cl2NO2/c16-13-3-1-2-11(15(13)17)5-7-14(20)18-12-6-4-10(8-12)9-19/h1-4,6,10,12,19H,5,7-9H2,(H,18,20)/t10-,12+/m0/s1. The lowest BCUT2D eigenvalue weighted by Gasteiger charge is -2.13. The first-order chi connectivity index (χ1) is 9.60. The Morgan fingerprint density at radius 2 is 2.15 bits per heavy atom. The summed E-state index contributed by atoms with van der Waals surface area (Å²) < 4.78 is 0. The van der Waals surface area contributed by atoms with Crippen molar-refractivity contribution in [2.45, 2.75) is 25.3 Å². The number of halogens is 2. The first-order valence-corrected chi connectivity index (χ1v) is 7.37. The van der Waals surface area contributed by atoms with Crippen molar-refractivity contribution in [3.8, 4) is 0 Å². The van der Waals surface area contributed by atoms with Gasteiger partial charge in [-0.25, -0.2) is 0 Å². The van der Waals surface area contributed by atoms with E-state index in [2.05, 4.69) is 5.32 Å². The third-order valence-corrected chi connectivity index (χ3v) is 4.26. The number of hydrogen-bond donors (Lipinski definition) is 2. The minimum absolute atomic E-state index is 0.0192. The summed E-state index contributed by atoms with van der Waals surface area (Å²) in [6.45, 7) is 0.126. The lowest BCUT2D eigenvalue weighted by atomic mass is 10.1. The van der Waals surface area contributed by atoms with Crippen LogP contribution in [0.1, 0.15) is 18.4 Å². The molecule has 2 rings (SSSR count). The third-order valence-electron chi connectivity index (χ3n) is 3.41. The van der Waals surface area contributed by atoms with E-state index in [1.807, 2.05) is 24.3 Å². The molecule has 0 unspecified atom stereocenters. The van der Waals surface area contributed by atoms with Gasteiger partial charge in [0.2, 0.25) is 5.91 Å². The average Bonchev–Trinajstić information content (AvgIpc) is 2.88. The van der Waals surface area contributed by atoms with Crippen molar-refractivity contribution in [1.82, 2.24) is 5.32 Å². The van der Waals surface area contributed by atoms with E-state index in [0.717, 1.165) is 12.0 Å². The summed E-state index contributed by atoms with van der Waals surface area (Å²) in [6, 6.07) is 5.45. The molecule has 0 fully saturated rings. The summed E-state index contributed by atoms with van der Waals surface area (Å²) in [4.78, 5) is 11.9. The molecular formula is C15H17Cl2NO2. The molecule has 0 heterocycles. The van der Waals surface area contributed by atoms with Crippen molar-refractivity contribution in [2.75, 3.05) is 6.61 Å². The summed E-state index contributed by atoms with van der Waals surface area (Å²) in [7, 11) is 0. The Bertz CT molecular complexity index is 517. The van der Waals surface area contributed by atoms with Gasteiger partial charge in [0.05, 0.1) is 10.0 Å². The first-order valence-electron chi connectivity index (χ1n) is 6.61. The molecule has 0 aliphatic heterocycles. The summed E-state index contributed by atoms with van der Waals surface area (Å²) in [5.74, 6) is 0.136. The molecule has 1 aromatic rings. The van der Waals surface area contributed by atoms with Crippen molar-refractivity contribution in [1.29, 1.82) is 0 Å². The van der Waals surface area contributed by atoms with E-state index in [1.165, 1.54) is 0 Å². The SMILES string of the molecule is O=C(CCc1cccc(Cl)c1Cl)N[C@@H]1C=C[C@H](CO)C1. The fraction of sp³-hybridized carbons (Fsp3) is 0.400. The zero-order valence-electron chi connectivity index (χ0n) is 11.0. The second-order valence-corrected chi connectivity index (χ2v) is 5.74. The Morgan fingerprint density at radius 1 is 1.35 bits per heavy atom. The summed E-state index contributed by atoms with van der Waals surface area (Å²) >= 11 is 12.0. The van der Waals surface area contributed by atoms with Crippen molar-refractivity contribution >= 4 is 29.1 Å². The van der Waals surface area contributed by atoms with E-state index in [1.54, 1.807) is 6.07 Å². The van der Waals surface area contributed by atoms with Crippen molar-refractivity contribution in [3.63, 3.8) is 0 Å². The molecule has 1 aliphatic carbocycles. The molecule has 0 saturated carbocycles. The van der Waals surface area contributed by atoms with Crippen LogP contribution < -0.4 is 5.32 Å². The Balaban J connectivity index is 1.81. The Kier molecular flexibility index (Phi) is 5.46.